The zero-order valence-electron chi connectivity index (χ0n) is 22.5. The second-order valence-electron chi connectivity index (χ2n) is 10.5. The topological polar surface area (TPSA) is 48.0 Å². The van der Waals surface area contributed by atoms with E-state index in [1.54, 1.807) is 0 Å². The van der Waals surface area contributed by atoms with Crippen LogP contribution in [0.1, 0.15) is 0 Å². The maximum Gasteiger partial charge on any atom is 0.162 e. The monoisotopic (exact) mass is 537 g/mol. The molecule has 0 saturated carbocycles. The summed E-state index contributed by atoms with van der Waals surface area (Å²) in [5.74, 6) is 1.48. The molecule has 5 aromatic carbocycles. The van der Waals surface area contributed by atoms with Gasteiger partial charge in [0.05, 0.1) is 16.7 Å². The fourth-order valence-corrected chi connectivity index (χ4v) is 6.25. The van der Waals surface area contributed by atoms with E-state index in [0.717, 1.165) is 61.3 Å². The van der Waals surface area contributed by atoms with Crippen LogP contribution in [0.3, 0.4) is 0 Å². The van der Waals surface area contributed by atoms with Crippen molar-refractivity contribution in [2.45, 2.75) is 0 Å². The quantitative estimate of drug-likeness (QED) is 0.212. The maximum atomic E-state index is 5.33. The SMILES string of the molecule is c1ccc(-c2cc(-n3c4ccccc4c4nc5c6ccccc6c6ccccc6n5c43)nc(-c3ccccc3)n2)cc1. The number of pyridine rings is 1. The van der Waals surface area contributed by atoms with Crippen molar-refractivity contribution in [1.82, 2.24) is 23.9 Å². The van der Waals surface area contributed by atoms with Crippen LogP contribution in [0.4, 0.5) is 0 Å². The Morgan fingerprint density at radius 2 is 1.05 bits per heavy atom. The number of nitrogens with zero attached hydrogens (tertiary/aromatic N) is 5. The van der Waals surface area contributed by atoms with Crippen LogP contribution in [0.15, 0.2) is 140 Å². The van der Waals surface area contributed by atoms with Crippen molar-refractivity contribution in [3.63, 3.8) is 0 Å². The second kappa shape index (κ2) is 8.85. The van der Waals surface area contributed by atoms with Crippen LogP contribution in [-0.4, -0.2) is 23.9 Å². The van der Waals surface area contributed by atoms with Gasteiger partial charge >= 0.3 is 0 Å². The number of imidazole rings is 1. The molecule has 9 aromatic rings. The number of hydrogen-bond donors (Lipinski definition) is 0. The summed E-state index contributed by atoms with van der Waals surface area (Å²) in [5.41, 5.74) is 7.93. The van der Waals surface area contributed by atoms with Crippen molar-refractivity contribution in [2.75, 3.05) is 0 Å². The van der Waals surface area contributed by atoms with Crippen LogP contribution in [0.5, 0.6) is 0 Å². The van der Waals surface area contributed by atoms with E-state index in [-0.39, 0.29) is 0 Å². The molecule has 4 aromatic heterocycles. The van der Waals surface area contributed by atoms with Crippen molar-refractivity contribution in [1.29, 1.82) is 0 Å². The molecule has 4 heterocycles. The predicted octanol–water partition coefficient (Wildman–Crippen LogP) is 8.86. The summed E-state index contributed by atoms with van der Waals surface area (Å²) >= 11 is 0. The number of para-hydroxylation sites is 2. The molecule has 42 heavy (non-hydrogen) atoms. The first-order valence-corrected chi connectivity index (χ1v) is 14.1. The average molecular weight is 538 g/mol. The molecule has 0 radical (unpaired) electrons. The Morgan fingerprint density at radius 1 is 0.452 bits per heavy atom. The first-order valence-electron chi connectivity index (χ1n) is 14.1. The fraction of sp³-hybridized carbons (Fsp3) is 0. The minimum Gasteiger partial charge on any atom is -0.277 e. The van der Waals surface area contributed by atoms with Gasteiger partial charge in [-0.3, -0.25) is 8.97 Å². The van der Waals surface area contributed by atoms with Gasteiger partial charge in [0.1, 0.15) is 17.0 Å². The van der Waals surface area contributed by atoms with Gasteiger partial charge in [-0.05, 0) is 17.5 Å². The highest BCUT2D eigenvalue weighted by Gasteiger charge is 2.23. The standard InChI is InChI=1S/C37H23N5/c1-3-13-24(14-4-1)30-23-33(39-35(38-30)25-15-5-2-6-16-25)41-32-22-12-10-20-29(32)34-37(41)42-31-21-11-9-18-27(31)26-17-7-8-19-28(26)36(42)40-34/h1-23H. The lowest BCUT2D eigenvalue weighted by atomic mass is 10.1. The molecular weight excluding hydrogens is 514 g/mol. The number of rotatable bonds is 3. The van der Waals surface area contributed by atoms with E-state index in [1.165, 1.54) is 10.8 Å². The first-order chi connectivity index (χ1) is 20.8. The Labute approximate surface area is 241 Å². The predicted molar refractivity (Wildman–Crippen MR) is 171 cm³/mol. The largest absolute Gasteiger partial charge is 0.277 e. The third-order valence-corrected chi connectivity index (χ3v) is 8.11. The molecule has 0 amide bonds. The van der Waals surface area contributed by atoms with E-state index in [4.69, 9.17) is 15.0 Å². The number of hydrogen-bond acceptors (Lipinski definition) is 3. The lowest BCUT2D eigenvalue weighted by molar-refractivity contribution is 1.03. The van der Waals surface area contributed by atoms with Gasteiger partial charge in [-0.1, -0.05) is 121 Å². The van der Waals surface area contributed by atoms with Gasteiger partial charge in [-0.15, -0.1) is 0 Å². The van der Waals surface area contributed by atoms with Crippen molar-refractivity contribution in [3.8, 4) is 28.5 Å². The van der Waals surface area contributed by atoms with Gasteiger partial charge < -0.3 is 0 Å². The van der Waals surface area contributed by atoms with Crippen LogP contribution in [0.2, 0.25) is 0 Å². The zero-order chi connectivity index (χ0) is 27.6. The Kier molecular flexibility index (Phi) is 4.83. The molecule has 0 aliphatic carbocycles. The number of aromatic nitrogens is 5. The third kappa shape index (κ3) is 3.28. The highest BCUT2D eigenvalue weighted by molar-refractivity contribution is 6.16. The fourth-order valence-electron chi connectivity index (χ4n) is 6.25. The Hall–Kier alpha value is -5.81. The van der Waals surface area contributed by atoms with Gasteiger partial charge in [-0.25, -0.2) is 15.0 Å². The molecule has 0 aliphatic rings. The third-order valence-electron chi connectivity index (χ3n) is 8.11. The van der Waals surface area contributed by atoms with Crippen LogP contribution >= 0.6 is 0 Å². The van der Waals surface area contributed by atoms with Crippen molar-refractivity contribution >= 4 is 49.4 Å². The Balaban J connectivity index is 1.48. The highest BCUT2D eigenvalue weighted by atomic mass is 15.2. The van der Waals surface area contributed by atoms with Crippen molar-refractivity contribution in [3.05, 3.63) is 140 Å². The molecule has 0 saturated heterocycles. The van der Waals surface area contributed by atoms with E-state index in [9.17, 15) is 0 Å². The average Bonchev–Trinajstić information content (AvgIpc) is 3.61. The Bertz CT molecular complexity index is 2400. The summed E-state index contributed by atoms with van der Waals surface area (Å²) in [6, 6.07) is 48.2. The van der Waals surface area contributed by atoms with Crippen molar-refractivity contribution < 1.29 is 0 Å². The van der Waals surface area contributed by atoms with Gasteiger partial charge in [0.2, 0.25) is 0 Å². The van der Waals surface area contributed by atoms with Crippen LogP contribution in [0.25, 0.3) is 77.9 Å². The molecule has 0 fully saturated rings. The van der Waals surface area contributed by atoms with Gasteiger partial charge in [0.15, 0.2) is 11.5 Å². The Morgan fingerprint density at radius 3 is 1.81 bits per heavy atom. The van der Waals surface area contributed by atoms with E-state index in [0.29, 0.717) is 5.82 Å². The number of fused-ring (bicyclic) bond motifs is 10. The molecule has 0 atom stereocenters. The molecular formula is C37H23N5. The summed E-state index contributed by atoms with van der Waals surface area (Å²) in [6.07, 6.45) is 0. The number of benzene rings is 5. The molecule has 0 spiro atoms. The summed E-state index contributed by atoms with van der Waals surface area (Å²) in [6.45, 7) is 0. The summed E-state index contributed by atoms with van der Waals surface area (Å²) in [5, 5.41) is 4.60. The van der Waals surface area contributed by atoms with E-state index >= 15 is 0 Å². The maximum absolute atomic E-state index is 5.33. The lowest BCUT2D eigenvalue weighted by Crippen LogP contribution is -2.04. The second-order valence-corrected chi connectivity index (χ2v) is 10.5. The minimum atomic E-state index is 0.682. The molecule has 0 aliphatic heterocycles. The molecule has 0 unspecified atom stereocenters. The molecule has 196 valence electrons. The van der Waals surface area contributed by atoms with Crippen LogP contribution in [0, 0.1) is 0 Å². The summed E-state index contributed by atoms with van der Waals surface area (Å²) in [7, 11) is 0. The van der Waals surface area contributed by atoms with Gasteiger partial charge in [0.25, 0.3) is 0 Å². The van der Waals surface area contributed by atoms with E-state index < -0.39 is 0 Å². The summed E-state index contributed by atoms with van der Waals surface area (Å²) in [4.78, 5) is 15.6. The lowest BCUT2D eigenvalue weighted by Gasteiger charge is -2.13. The first kappa shape index (κ1) is 22.9. The molecule has 5 nitrogen and oxygen atoms in total. The van der Waals surface area contributed by atoms with Gasteiger partial charge in [0, 0.05) is 33.4 Å². The minimum absolute atomic E-state index is 0.682. The molecule has 5 heteroatoms. The smallest absolute Gasteiger partial charge is 0.162 e. The molecule has 0 N–H and O–H groups in total. The van der Waals surface area contributed by atoms with E-state index in [1.807, 2.05) is 36.4 Å². The highest BCUT2D eigenvalue weighted by Crippen LogP contribution is 2.38. The zero-order valence-corrected chi connectivity index (χ0v) is 22.5. The van der Waals surface area contributed by atoms with Crippen LogP contribution in [-0.2, 0) is 0 Å². The molecule has 0 bridgehead atoms. The van der Waals surface area contributed by atoms with E-state index in [2.05, 4.69) is 112 Å². The van der Waals surface area contributed by atoms with Crippen molar-refractivity contribution in [2.24, 2.45) is 0 Å². The van der Waals surface area contributed by atoms with Crippen LogP contribution < -0.4 is 0 Å². The molecule has 9 rings (SSSR count). The normalized spacial score (nSPS) is 11.8. The van der Waals surface area contributed by atoms with Gasteiger partial charge in [-0.2, -0.15) is 0 Å². The summed E-state index contributed by atoms with van der Waals surface area (Å²) < 4.78 is 4.56.